The number of hydrogen-bond donors (Lipinski definition) is 2. The second-order valence-corrected chi connectivity index (χ2v) is 5.54. The molecule has 3 atom stereocenters. The van der Waals surface area contributed by atoms with E-state index in [4.69, 9.17) is 0 Å². The smallest absolute Gasteiger partial charge is 0.0575 e. The van der Waals surface area contributed by atoms with Crippen LogP contribution in [0.2, 0.25) is 0 Å². The number of benzene rings is 1. The van der Waals surface area contributed by atoms with Gasteiger partial charge in [0.15, 0.2) is 0 Å². The third-order valence-electron chi connectivity index (χ3n) is 3.75. The molecule has 0 saturated carbocycles. The Morgan fingerprint density at radius 1 is 1.06 bits per heavy atom. The lowest BCUT2D eigenvalue weighted by Gasteiger charge is -2.23. The van der Waals surface area contributed by atoms with Crippen molar-refractivity contribution >= 4 is 0 Å². The maximum atomic E-state index is 9.75. The van der Waals surface area contributed by atoms with E-state index >= 15 is 0 Å². The van der Waals surface area contributed by atoms with Gasteiger partial charge in [0.05, 0.1) is 6.10 Å². The van der Waals surface area contributed by atoms with E-state index in [1.54, 1.807) is 0 Å². The standard InChI is InChI=1S/C16H27NO/c1-12(2)16(18)10-11-17-14(4)13(3)15-8-6-5-7-9-15/h5-9,12-14,16-18H,10-11H2,1-4H3. The van der Waals surface area contributed by atoms with Crippen molar-refractivity contribution in [3.63, 3.8) is 0 Å². The Balaban J connectivity index is 2.35. The van der Waals surface area contributed by atoms with Crippen LogP contribution in [-0.4, -0.2) is 23.8 Å². The molecular weight excluding hydrogens is 222 g/mol. The van der Waals surface area contributed by atoms with Gasteiger partial charge >= 0.3 is 0 Å². The first kappa shape index (κ1) is 15.2. The topological polar surface area (TPSA) is 32.3 Å². The van der Waals surface area contributed by atoms with Crippen LogP contribution in [-0.2, 0) is 0 Å². The van der Waals surface area contributed by atoms with Gasteiger partial charge in [-0.15, -0.1) is 0 Å². The van der Waals surface area contributed by atoms with E-state index in [1.165, 1.54) is 5.56 Å². The molecule has 0 aliphatic carbocycles. The van der Waals surface area contributed by atoms with Gasteiger partial charge in [0.1, 0.15) is 0 Å². The number of hydrogen-bond acceptors (Lipinski definition) is 2. The summed E-state index contributed by atoms with van der Waals surface area (Å²) in [7, 11) is 0. The molecule has 0 saturated heterocycles. The second kappa shape index (κ2) is 7.55. The highest BCUT2D eigenvalue weighted by Gasteiger charge is 2.14. The summed E-state index contributed by atoms with van der Waals surface area (Å²) in [4.78, 5) is 0. The maximum absolute atomic E-state index is 9.75. The molecular formula is C16H27NO. The molecule has 102 valence electrons. The van der Waals surface area contributed by atoms with Gasteiger partial charge in [-0.3, -0.25) is 0 Å². The van der Waals surface area contributed by atoms with E-state index in [-0.39, 0.29) is 6.10 Å². The van der Waals surface area contributed by atoms with Gasteiger partial charge in [-0.05, 0) is 37.3 Å². The fourth-order valence-electron chi connectivity index (χ4n) is 2.01. The third kappa shape index (κ3) is 4.79. The van der Waals surface area contributed by atoms with Gasteiger partial charge in [0, 0.05) is 6.04 Å². The van der Waals surface area contributed by atoms with Crippen LogP contribution in [0.1, 0.15) is 45.6 Å². The van der Waals surface area contributed by atoms with Crippen molar-refractivity contribution in [1.82, 2.24) is 5.32 Å². The van der Waals surface area contributed by atoms with Crippen LogP contribution in [0.5, 0.6) is 0 Å². The monoisotopic (exact) mass is 249 g/mol. The predicted octanol–water partition coefficient (Wildman–Crippen LogP) is 3.18. The molecule has 0 fully saturated rings. The molecule has 1 aromatic carbocycles. The van der Waals surface area contributed by atoms with Crippen LogP contribution in [0.25, 0.3) is 0 Å². The largest absolute Gasteiger partial charge is 0.393 e. The zero-order valence-electron chi connectivity index (χ0n) is 12.1. The van der Waals surface area contributed by atoms with Gasteiger partial charge in [0.2, 0.25) is 0 Å². The van der Waals surface area contributed by atoms with E-state index in [0.29, 0.717) is 17.9 Å². The molecule has 1 rings (SSSR count). The lowest BCUT2D eigenvalue weighted by Crippen LogP contribution is -2.33. The molecule has 2 heteroatoms. The minimum atomic E-state index is -0.197. The molecule has 0 bridgehead atoms. The summed E-state index contributed by atoms with van der Waals surface area (Å²) >= 11 is 0. The highest BCUT2D eigenvalue weighted by molar-refractivity contribution is 5.20. The summed E-state index contributed by atoms with van der Waals surface area (Å²) in [6.07, 6.45) is 0.625. The van der Waals surface area contributed by atoms with Crippen molar-refractivity contribution < 1.29 is 5.11 Å². The number of aliphatic hydroxyl groups excluding tert-OH is 1. The molecule has 1 aromatic rings. The molecule has 0 amide bonds. The Bertz CT molecular complexity index is 323. The zero-order chi connectivity index (χ0) is 13.5. The molecule has 2 nitrogen and oxygen atoms in total. The van der Waals surface area contributed by atoms with E-state index in [2.05, 4.69) is 57.3 Å². The van der Waals surface area contributed by atoms with Crippen molar-refractivity contribution in [3.8, 4) is 0 Å². The first-order valence-corrected chi connectivity index (χ1v) is 6.98. The van der Waals surface area contributed by atoms with Gasteiger partial charge in [-0.2, -0.15) is 0 Å². The highest BCUT2D eigenvalue weighted by Crippen LogP contribution is 2.18. The minimum Gasteiger partial charge on any atom is -0.393 e. The van der Waals surface area contributed by atoms with E-state index in [9.17, 15) is 5.11 Å². The highest BCUT2D eigenvalue weighted by atomic mass is 16.3. The Morgan fingerprint density at radius 2 is 1.67 bits per heavy atom. The summed E-state index contributed by atoms with van der Waals surface area (Å²) in [5, 5.41) is 13.3. The van der Waals surface area contributed by atoms with Crippen molar-refractivity contribution in [2.24, 2.45) is 5.92 Å². The van der Waals surface area contributed by atoms with Crippen LogP contribution in [0.15, 0.2) is 30.3 Å². The van der Waals surface area contributed by atoms with Crippen molar-refractivity contribution in [1.29, 1.82) is 0 Å². The van der Waals surface area contributed by atoms with Gasteiger partial charge < -0.3 is 10.4 Å². The zero-order valence-corrected chi connectivity index (χ0v) is 12.1. The molecule has 0 aliphatic rings. The van der Waals surface area contributed by atoms with Crippen LogP contribution in [0, 0.1) is 5.92 Å². The van der Waals surface area contributed by atoms with Crippen molar-refractivity contribution in [2.75, 3.05) is 6.54 Å². The maximum Gasteiger partial charge on any atom is 0.0575 e. The molecule has 0 aromatic heterocycles. The SMILES string of the molecule is CC(C)C(O)CCNC(C)C(C)c1ccccc1. The summed E-state index contributed by atoms with van der Waals surface area (Å²) in [6.45, 7) is 9.43. The molecule has 2 N–H and O–H groups in total. The molecule has 0 aliphatic heterocycles. The van der Waals surface area contributed by atoms with Gasteiger partial charge in [-0.1, -0.05) is 51.1 Å². The molecule has 0 heterocycles. The van der Waals surface area contributed by atoms with Gasteiger partial charge in [0.25, 0.3) is 0 Å². The van der Waals surface area contributed by atoms with Crippen LogP contribution < -0.4 is 5.32 Å². The van der Waals surface area contributed by atoms with Crippen molar-refractivity contribution in [2.45, 2.75) is 52.2 Å². The first-order valence-electron chi connectivity index (χ1n) is 6.98. The summed E-state index contributed by atoms with van der Waals surface area (Å²) in [6, 6.07) is 11.0. The average Bonchev–Trinajstić information content (AvgIpc) is 2.38. The lowest BCUT2D eigenvalue weighted by molar-refractivity contribution is 0.115. The van der Waals surface area contributed by atoms with E-state index in [1.807, 2.05) is 6.07 Å². The molecule has 0 spiro atoms. The summed E-state index contributed by atoms with van der Waals surface area (Å²) in [5.41, 5.74) is 1.36. The fourth-order valence-corrected chi connectivity index (χ4v) is 2.01. The number of rotatable bonds is 7. The van der Waals surface area contributed by atoms with Crippen LogP contribution in [0.3, 0.4) is 0 Å². The summed E-state index contributed by atoms with van der Waals surface area (Å²) < 4.78 is 0. The van der Waals surface area contributed by atoms with Gasteiger partial charge in [-0.25, -0.2) is 0 Å². The Labute approximate surface area is 111 Å². The first-order chi connectivity index (χ1) is 8.52. The predicted molar refractivity (Wildman–Crippen MR) is 77.8 cm³/mol. The lowest BCUT2D eigenvalue weighted by atomic mass is 9.94. The van der Waals surface area contributed by atoms with Crippen LogP contribution >= 0.6 is 0 Å². The Hall–Kier alpha value is -0.860. The number of nitrogens with one attached hydrogen (secondary N) is 1. The average molecular weight is 249 g/mol. The molecule has 18 heavy (non-hydrogen) atoms. The third-order valence-corrected chi connectivity index (χ3v) is 3.75. The quantitative estimate of drug-likeness (QED) is 0.778. The minimum absolute atomic E-state index is 0.197. The van der Waals surface area contributed by atoms with E-state index < -0.39 is 0 Å². The summed E-state index contributed by atoms with van der Waals surface area (Å²) in [5.74, 6) is 0.830. The molecule has 0 radical (unpaired) electrons. The van der Waals surface area contributed by atoms with Crippen molar-refractivity contribution in [3.05, 3.63) is 35.9 Å². The second-order valence-electron chi connectivity index (χ2n) is 5.54. The normalized spacial score (nSPS) is 16.6. The Kier molecular flexibility index (Phi) is 6.37. The molecule has 3 unspecified atom stereocenters. The fraction of sp³-hybridized carbons (Fsp3) is 0.625. The van der Waals surface area contributed by atoms with Crippen LogP contribution in [0.4, 0.5) is 0 Å². The van der Waals surface area contributed by atoms with E-state index in [0.717, 1.165) is 13.0 Å². The number of aliphatic hydroxyl groups is 1. The Morgan fingerprint density at radius 3 is 2.22 bits per heavy atom.